The summed E-state index contributed by atoms with van der Waals surface area (Å²) in [6.45, 7) is 3.06. The van der Waals surface area contributed by atoms with Crippen LogP contribution in [0.25, 0.3) is 0 Å². The van der Waals surface area contributed by atoms with Crippen LogP contribution in [0.1, 0.15) is 39.5 Å². The zero-order valence-electron chi connectivity index (χ0n) is 12.2. The maximum absolute atomic E-state index is 12.3. The zero-order chi connectivity index (χ0) is 15.6. The normalized spacial score (nSPS) is 20.0. The van der Waals surface area contributed by atoms with Crippen LogP contribution in [0.3, 0.4) is 0 Å². The SMILES string of the molecule is CC(C)NC(=O)NC(=O)CN1C(=O)NC2(CCCC2)C1=O. The van der Waals surface area contributed by atoms with Gasteiger partial charge in [-0.2, -0.15) is 0 Å². The van der Waals surface area contributed by atoms with Crippen molar-refractivity contribution in [2.75, 3.05) is 6.54 Å². The second-order valence-electron chi connectivity index (χ2n) is 5.79. The first kappa shape index (κ1) is 15.3. The van der Waals surface area contributed by atoms with Gasteiger partial charge in [-0.3, -0.25) is 19.8 Å². The van der Waals surface area contributed by atoms with E-state index in [4.69, 9.17) is 0 Å². The second kappa shape index (κ2) is 5.71. The van der Waals surface area contributed by atoms with Crippen molar-refractivity contribution >= 4 is 23.9 Å². The molecule has 1 heterocycles. The van der Waals surface area contributed by atoms with Crippen LogP contribution in [0.5, 0.6) is 0 Å². The van der Waals surface area contributed by atoms with Crippen molar-refractivity contribution in [3.63, 3.8) is 0 Å². The molecular formula is C13H20N4O4. The van der Waals surface area contributed by atoms with Gasteiger partial charge in [0.1, 0.15) is 12.1 Å². The molecule has 21 heavy (non-hydrogen) atoms. The van der Waals surface area contributed by atoms with E-state index in [1.807, 2.05) is 0 Å². The Balaban J connectivity index is 1.93. The van der Waals surface area contributed by atoms with E-state index in [0.29, 0.717) is 12.8 Å². The summed E-state index contributed by atoms with van der Waals surface area (Å²) in [6, 6.07) is -1.32. The first-order valence-corrected chi connectivity index (χ1v) is 7.08. The third-order valence-electron chi connectivity index (χ3n) is 3.68. The van der Waals surface area contributed by atoms with Crippen LogP contribution in [0.4, 0.5) is 9.59 Å². The summed E-state index contributed by atoms with van der Waals surface area (Å²) < 4.78 is 0. The molecule has 8 nitrogen and oxygen atoms in total. The molecule has 116 valence electrons. The van der Waals surface area contributed by atoms with Crippen LogP contribution < -0.4 is 16.0 Å². The minimum Gasteiger partial charge on any atom is -0.336 e. The number of urea groups is 2. The van der Waals surface area contributed by atoms with Gasteiger partial charge in [0.25, 0.3) is 5.91 Å². The van der Waals surface area contributed by atoms with E-state index in [1.54, 1.807) is 13.8 Å². The highest BCUT2D eigenvalue weighted by atomic mass is 16.2. The molecule has 1 aliphatic carbocycles. The molecule has 0 aromatic carbocycles. The third kappa shape index (κ3) is 3.14. The average Bonchev–Trinajstić information content (AvgIpc) is 2.90. The molecule has 8 heteroatoms. The Morgan fingerprint density at radius 2 is 1.90 bits per heavy atom. The molecule has 2 fully saturated rings. The van der Waals surface area contributed by atoms with Crippen molar-refractivity contribution in [3.05, 3.63) is 0 Å². The smallest absolute Gasteiger partial charge is 0.325 e. The van der Waals surface area contributed by atoms with E-state index < -0.39 is 30.1 Å². The number of nitrogens with zero attached hydrogens (tertiary/aromatic N) is 1. The number of amides is 6. The largest absolute Gasteiger partial charge is 0.336 e. The molecule has 0 unspecified atom stereocenters. The molecule has 0 aromatic rings. The number of nitrogens with one attached hydrogen (secondary N) is 3. The standard InChI is InChI=1S/C13H20N4O4/c1-8(2)14-11(20)15-9(18)7-17-10(19)13(16-12(17)21)5-3-4-6-13/h8H,3-7H2,1-2H3,(H,16,21)(H2,14,15,18,20). The first-order chi connectivity index (χ1) is 9.84. The van der Waals surface area contributed by atoms with Crippen LogP contribution in [-0.4, -0.2) is 46.9 Å². The van der Waals surface area contributed by atoms with Gasteiger partial charge in [-0.25, -0.2) is 9.59 Å². The predicted octanol–water partition coefficient (Wildman–Crippen LogP) is 0.0852. The fourth-order valence-corrected chi connectivity index (χ4v) is 2.75. The van der Waals surface area contributed by atoms with Gasteiger partial charge < -0.3 is 10.6 Å². The first-order valence-electron chi connectivity index (χ1n) is 7.08. The summed E-state index contributed by atoms with van der Waals surface area (Å²) in [6.07, 6.45) is 2.96. The third-order valence-corrected chi connectivity index (χ3v) is 3.68. The lowest BCUT2D eigenvalue weighted by Crippen LogP contribution is -2.48. The Morgan fingerprint density at radius 3 is 2.48 bits per heavy atom. The van der Waals surface area contributed by atoms with Crippen LogP contribution in [0.2, 0.25) is 0 Å². The van der Waals surface area contributed by atoms with Gasteiger partial charge in [0, 0.05) is 6.04 Å². The Labute approximate surface area is 122 Å². The number of carbonyl (C=O) groups is 4. The number of carbonyl (C=O) groups excluding carboxylic acids is 4. The van der Waals surface area contributed by atoms with Crippen LogP contribution in [0.15, 0.2) is 0 Å². The van der Waals surface area contributed by atoms with Gasteiger partial charge in [-0.05, 0) is 26.7 Å². The summed E-state index contributed by atoms with van der Waals surface area (Å²) in [7, 11) is 0. The zero-order valence-corrected chi connectivity index (χ0v) is 12.2. The van der Waals surface area contributed by atoms with Crippen molar-refractivity contribution in [1.29, 1.82) is 0 Å². The lowest BCUT2D eigenvalue weighted by atomic mass is 9.98. The second-order valence-corrected chi connectivity index (χ2v) is 5.79. The topological polar surface area (TPSA) is 108 Å². The summed E-state index contributed by atoms with van der Waals surface area (Å²) in [5.74, 6) is -1.06. The number of hydrogen-bond acceptors (Lipinski definition) is 4. The van der Waals surface area contributed by atoms with Crippen molar-refractivity contribution in [1.82, 2.24) is 20.9 Å². The molecule has 2 aliphatic rings. The van der Waals surface area contributed by atoms with Crippen LogP contribution >= 0.6 is 0 Å². The van der Waals surface area contributed by atoms with Gasteiger partial charge in [0.2, 0.25) is 5.91 Å². The maximum atomic E-state index is 12.3. The van der Waals surface area contributed by atoms with Crippen molar-refractivity contribution in [3.8, 4) is 0 Å². The minimum atomic E-state index is -0.836. The van der Waals surface area contributed by atoms with E-state index >= 15 is 0 Å². The highest BCUT2D eigenvalue weighted by Crippen LogP contribution is 2.34. The molecule has 0 atom stereocenters. The molecule has 0 radical (unpaired) electrons. The van der Waals surface area contributed by atoms with Crippen molar-refractivity contribution in [2.45, 2.75) is 51.1 Å². The molecule has 3 N–H and O–H groups in total. The van der Waals surface area contributed by atoms with E-state index in [1.165, 1.54) is 0 Å². The molecule has 1 saturated carbocycles. The lowest BCUT2D eigenvalue weighted by molar-refractivity contribution is -0.134. The Kier molecular flexibility index (Phi) is 4.15. The Morgan fingerprint density at radius 1 is 1.29 bits per heavy atom. The minimum absolute atomic E-state index is 0.115. The van der Waals surface area contributed by atoms with E-state index in [9.17, 15) is 19.2 Å². The molecular weight excluding hydrogens is 276 g/mol. The molecule has 6 amide bonds. The summed E-state index contributed by atoms with van der Waals surface area (Å²) in [4.78, 5) is 48.2. The monoisotopic (exact) mass is 296 g/mol. The predicted molar refractivity (Wildman–Crippen MR) is 73.3 cm³/mol. The highest BCUT2D eigenvalue weighted by molar-refractivity contribution is 6.10. The quantitative estimate of drug-likeness (QED) is 0.641. The number of rotatable bonds is 3. The highest BCUT2D eigenvalue weighted by Gasteiger charge is 2.52. The maximum Gasteiger partial charge on any atom is 0.325 e. The van der Waals surface area contributed by atoms with E-state index in [2.05, 4.69) is 16.0 Å². The molecule has 1 saturated heterocycles. The van der Waals surface area contributed by atoms with E-state index in [0.717, 1.165) is 17.7 Å². The van der Waals surface area contributed by atoms with Gasteiger partial charge in [0.05, 0.1) is 0 Å². The van der Waals surface area contributed by atoms with Gasteiger partial charge in [-0.1, -0.05) is 12.8 Å². The number of imide groups is 2. The summed E-state index contributed by atoms with van der Waals surface area (Å²) in [5, 5.41) is 7.27. The van der Waals surface area contributed by atoms with Crippen molar-refractivity contribution < 1.29 is 19.2 Å². The van der Waals surface area contributed by atoms with E-state index in [-0.39, 0.29) is 11.9 Å². The lowest BCUT2D eigenvalue weighted by Gasteiger charge is -2.19. The Bertz CT molecular complexity index is 483. The summed E-state index contributed by atoms with van der Waals surface area (Å²) in [5.41, 5.74) is -0.836. The summed E-state index contributed by atoms with van der Waals surface area (Å²) >= 11 is 0. The fourth-order valence-electron chi connectivity index (χ4n) is 2.75. The number of hydrogen-bond donors (Lipinski definition) is 3. The van der Waals surface area contributed by atoms with Crippen LogP contribution in [-0.2, 0) is 9.59 Å². The van der Waals surface area contributed by atoms with Gasteiger partial charge >= 0.3 is 12.1 Å². The van der Waals surface area contributed by atoms with Gasteiger partial charge in [-0.15, -0.1) is 0 Å². The molecule has 1 aliphatic heterocycles. The fraction of sp³-hybridized carbons (Fsp3) is 0.692. The molecule has 0 bridgehead atoms. The molecule has 2 rings (SSSR count). The van der Waals surface area contributed by atoms with Gasteiger partial charge in [0.15, 0.2) is 0 Å². The van der Waals surface area contributed by atoms with Crippen molar-refractivity contribution in [2.24, 2.45) is 0 Å². The molecule has 1 spiro atoms. The average molecular weight is 296 g/mol. The van der Waals surface area contributed by atoms with Crippen LogP contribution in [0, 0.1) is 0 Å². The Hall–Kier alpha value is -2.12. The molecule has 0 aromatic heterocycles.